The highest BCUT2D eigenvalue weighted by Crippen LogP contribution is 2.28. The topological polar surface area (TPSA) is 96.7 Å². The molecule has 0 fully saturated rings. The lowest BCUT2D eigenvalue weighted by Crippen LogP contribution is -2.47. The third-order valence-corrected chi connectivity index (χ3v) is 4.04. The molecule has 1 aromatic heterocycles. The third-order valence-electron chi connectivity index (χ3n) is 4.04. The number of hydrogen-bond donors (Lipinski definition) is 2. The van der Waals surface area contributed by atoms with Crippen molar-refractivity contribution in [1.82, 2.24) is 4.98 Å². The van der Waals surface area contributed by atoms with Crippen LogP contribution >= 0.6 is 0 Å². The number of pyridine rings is 1. The predicted molar refractivity (Wildman–Crippen MR) is 96.8 cm³/mol. The van der Waals surface area contributed by atoms with Gasteiger partial charge in [0.05, 0.1) is 12.2 Å². The molecule has 2 N–H and O–H groups in total. The fourth-order valence-corrected chi connectivity index (χ4v) is 2.46. The molecule has 26 heavy (non-hydrogen) atoms. The molecule has 6 nitrogen and oxygen atoms in total. The summed E-state index contributed by atoms with van der Waals surface area (Å²) in [6, 6.07) is 10.9. The Balaban J connectivity index is 2.27. The second kappa shape index (κ2) is 7.66. The molecule has 2 rings (SSSR count). The summed E-state index contributed by atoms with van der Waals surface area (Å²) in [6.07, 6.45) is 3.21. The Morgan fingerprint density at radius 2 is 1.42 bits per heavy atom. The molecule has 1 heterocycles. The van der Waals surface area contributed by atoms with Crippen LogP contribution in [0.1, 0.15) is 26.3 Å². The van der Waals surface area contributed by atoms with E-state index in [4.69, 9.17) is 4.74 Å². The summed E-state index contributed by atoms with van der Waals surface area (Å²) in [7, 11) is 0. The molecule has 0 saturated heterocycles. The van der Waals surface area contributed by atoms with Crippen LogP contribution in [0, 0.1) is 5.41 Å². The molecule has 0 aliphatic rings. The van der Waals surface area contributed by atoms with E-state index in [9.17, 15) is 19.8 Å². The maximum atomic E-state index is 11.8. The van der Waals surface area contributed by atoms with E-state index in [1.807, 2.05) is 24.3 Å². The van der Waals surface area contributed by atoms with Crippen molar-refractivity contribution in [3.8, 4) is 11.1 Å². The molecule has 0 spiro atoms. The Morgan fingerprint density at radius 1 is 0.923 bits per heavy atom. The molecule has 2 aromatic rings. The number of hydrogen-bond acceptors (Lipinski definition) is 4. The van der Waals surface area contributed by atoms with Gasteiger partial charge in [-0.15, -0.1) is 0 Å². The number of carboxylic acid groups (broad SMARTS) is 2. The summed E-state index contributed by atoms with van der Waals surface area (Å²) < 4.78 is 5.51. The van der Waals surface area contributed by atoms with Gasteiger partial charge in [0, 0.05) is 18.8 Å². The molecule has 0 aliphatic heterocycles. The fraction of sp³-hybridized carbons (Fsp3) is 0.350. The molecular weight excluding hydrogens is 334 g/mol. The maximum absolute atomic E-state index is 11.8. The lowest BCUT2D eigenvalue weighted by molar-refractivity contribution is -0.173. The van der Waals surface area contributed by atoms with Gasteiger partial charge < -0.3 is 14.9 Å². The summed E-state index contributed by atoms with van der Waals surface area (Å²) in [6.45, 7) is 4.86. The van der Waals surface area contributed by atoms with Crippen molar-refractivity contribution in [2.45, 2.75) is 32.8 Å². The van der Waals surface area contributed by atoms with Crippen LogP contribution in [0.4, 0.5) is 0 Å². The predicted octanol–water partition coefficient (Wildman–Crippen LogP) is 3.26. The first-order valence-electron chi connectivity index (χ1n) is 8.24. The molecular formula is C20H23NO5. The van der Waals surface area contributed by atoms with Crippen molar-refractivity contribution < 1.29 is 24.5 Å². The lowest BCUT2D eigenvalue weighted by Gasteiger charge is -2.29. The Bertz CT molecular complexity index is 749. The molecule has 138 valence electrons. The van der Waals surface area contributed by atoms with Gasteiger partial charge in [0.15, 0.2) is 5.41 Å². The number of benzene rings is 1. The monoisotopic (exact) mass is 357 g/mol. The number of carboxylic acids is 2. The molecule has 0 bridgehead atoms. The van der Waals surface area contributed by atoms with E-state index in [1.165, 1.54) is 0 Å². The number of ether oxygens (including phenoxy) is 1. The van der Waals surface area contributed by atoms with Gasteiger partial charge in [-0.2, -0.15) is 0 Å². The van der Waals surface area contributed by atoms with Crippen molar-refractivity contribution in [3.05, 3.63) is 54.4 Å². The first-order chi connectivity index (χ1) is 12.1. The van der Waals surface area contributed by atoms with E-state index in [-0.39, 0.29) is 6.42 Å². The highest BCUT2D eigenvalue weighted by atomic mass is 16.5. The first kappa shape index (κ1) is 19.6. The molecule has 6 heteroatoms. The van der Waals surface area contributed by atoms with Crippen LogP contribution in [0.3, 0.4) is 0 Å². The number of rotatable bonds is 7. The largest absolute Gasteiger partial charge is 0.480 e. The molecule has 0 amide bonds. The minimum Gasteiger partial charge on any atom is -0.480 e. The van der Waals surface area contributed by atoms with E-state index in [0.29, 0.717) is 5.56 Å². The second-order valence-electron chi connectivity index (χ2n) is 7.20. The van der Waals surface area contributed by atoms with E-state index in [0.717, 1.165) is 11.1 Å². The van der Waals surface area contributed by atoms with Crippen molar-refractivity contribution in [1.29, 1.82) is 0 Å². The van der Waals surface area contributed by atoms with Crippen molar-refractivity contribution >= 4 is 11.9 Å². The lowest BCUT2D eigenvalue weighted by atomic mass is 9.82. The zero-order valence-electron chi connectivity index (χ0n) is 15.1. The smallest absolute Gasteiger partial charge is 0.323 e. The summed E-state index contributed by atoms with van der Waals surface area (Å²) in [4.78, 5) is 27.6. The van der Waals surface area contributed by atoms with Gasteiger partial charge in [0.1, 0.15) is 0 Å². The van der Waals surface area contributed by atoms with Crippen LogP contribution in [0.2, 0.25) is 0 Å². The van der Waals surface area contributed by atoms with Gasteiger partial charge in [-0.3, -0.25) is 14.6 Å². The third kappa shape index (κ3) is 4.67. The van der Waals surface area contributed by atoms with Crippen LogP contribution < -0.4 is 0 Å². The SMILES string of the molecule is CC(C)(C)OCC(Cc1ccc(-c2ccncc2)cc1)(C(=O)O)C(=O)O. The number of carbonyl (C=O) groups is 2. The number of nitrogens with zero attached hydrogens (tertiary/aromatic N) is 1. The Hall–Kier alpha value is -2.73. The molecule has 0 atom stereocenters. The highest BCUT2D eigenvalue weighted by Gasteiger charge is 2.48. The summed E-state index contributed by atoms with van der Waals surface area (Å²) in [5.41, 5.74) is -0.138. The van der Waals surface area contributed by atoms with Gasteiger partial charge in [0.2, 0.25) is 0 Å². The van der Waals surface area contributed by atoms with Crippen LogP contribution in [0.25, 0.3) is 11.1 Å². The van der Waals surface area contributed by atoms with Crippen molar-refractivity contribution in [2.24, 2.45) is 5.41 Å². The van der Waals surface area contributed by atoms with E-state index >= 15 is 0 Å². The average Bonchev–Trinajstić information content (AvgIpc) is 2.58. The fourth-order valence-electron chi connectivity index (χ4n) is 2.46. The Labute approximate surface area is 152 Å². The summed E-state index contributed by atoms with van der Waals surface area (Å²) in [5.74, 6) is -2.82. The quantitative estimate of drug-likeness (QED) is 0.738. The summed E-state index contributed by atoms with van der Waals surface area (Å²) in [5, 5.41) is 19.2. The first-order valence-corrected chi connectivity index (χ1v) is 8.24. The Kier molecular flexibility index (Phi) is 5.77. The van der Waals surface area contributed by atoms with Crippen molar-refractivity contribution in [3.63, 3.8) is 0 Å². The zero-order chi connectivity index (χ0) is 19.4. The second-order valence-corrected chi connectivity index (χ2v) is 7.20. The highest BCUT2D eigenvalue weighted by molar-refractivity contribution is 5.98. The van der Waals surface area contributed by atoms with Gasteiger partial charge in [-0.05, 0) is 49.6 Å². The van der Waals surface area contributed by atoms with Gasteiger partial charge in [-0.1, -0.05) is 24.3 Å². The molecule has 0 aliphatic carbocycles. The molecule has 0 saturated carbocycles. The van der Waals surface area contributed by atoms with Gasteiger partial charge >= 0.3 is 11.9 Å². The van der Waals surface area contributed by atoms with Crippen LogP contribution in [-0.2, 0) is 20.7 Å². The molecule has 0 unspecified atom stereocenters. The van der Waals surface area contributed by atoms with Crippen molar-refractivity contribution in [2.75, 3.05) is 6.61 Å². The minimum absolute atomic E-state index is 0.162. The Morgan fingerprint density at radius 3 is 1.88 bits per heavy atom. The maximum Gasteiger partial charge on any atom is 0.323 e. The van der Waals surface area contributed by atoms with Crippen LogP contribution in [-0.4, -0.2) is 39.3 Å². The zero-order valence-corrected chi connectivity index (χ0v) is 15.1. The normalized spacial score (nSPS) is 12.0. The minimum atomic E-state index is -2.04. The van der Waals surface area contributed by atoms with Crippen LogP contribution in [0.5, 0.6) is 0 Å². The van der Waals surface area contributed by atoms with Crippen LogP contribution in [0.15, 0.2) is 48.8 Å². The van der Waals surface area contributed by atoms with Gasteiger partial charge in [-0.25, -0.2) is 0 Å². The summed E-state index contributed by atoms with van der Waals surface area (Å²) >= 11 is 0. The number of aromatic nitrogens is 1. The molecule has 0 radical (unpaired) electrons. The number of aliphatic carboxylic acids is 2. The van der Waals surface area contributed by atoms with E-state index < -0.39 is 29.6 Å². The van der Waals surface area contributed by atoms with E-state index in [2.05, 4.69) is 4.98 Å². The molecule has 1 aromatic carbocycles. The van der Waals surface area contributed by atoms with E-state index in [1.54, 1.807) is 45.3 Å². The average molecular weight is 357 g/mol. The van der Waals surface area contributed by atoms with Gasteiger partial charge in [0.25, 0.3) is 0 Å². The standard InChI is InChI=1S/C20H23NO5/c1-19(2,3)26-13-20(17(22)23,18(24)25)12-14-4-6-15(7-5-14)16-8-10-21-11-9-16/h4-11H,12-13H2,1-3H3,(H,22,23)(H,24,25).